The highest BCUT2D eigenvalue weighted by atomic mass is 16.5. The molecule has 0 radical (unpaired) electrons. The molecule has 0 saturated heterocycles. The Morgan fingerprint density at radius 2 is 1.19 bits per heavy atom. The van der Waals surface area contributed by atoms with Crippen LogP contribution in [0.1, 0.15) is 48.2 Å². The van der Waals surface area contributed by atoms with Crippen molar-refractivity contribution in [2.75, 3.05) is 6.61 Å². The number of carbonyl (C=O) groups is 2. The lowest BCUT2D eigenvalue weighted by atomic mass is 9.92. The van der Waals surface area contributed by atoms with Crippen molar-refractivity contribution in [2.45, 2.75) is 46.1 Å². The maximum absolute atomic E-state index is 15.3. The minimum Gasteiger partial charge on any atom is -0.508 e. The van der Waals surface area contributed by atoms with Crippen LogP contribution < -0.4 is 0 Å². The fourth-order valence-corrected chi connectivity index (χ4v) is 7.41. The van der Waals surface area contributed by atoms with Crippen molar-refractivity contribution in [1.29, 1.82) is 0 Å². The number of rotatable bonds is 11. The zero-order valence-electron chi connectivity index (χ0n) is 30.2. The Labute approximate surface area is 313 Å². The van der Waals surface area contributed by atoms with Crippen LogP contribution >= 0.6 is 0 Å². The molecule has 7 aromatic rings. The fourth-order valence-electron chi connectivity index (χ4n) is 7.41. The van der Waals surface area contributed by atoms with E-state index in [1.807, 2.05) is 94.1 Å². The van der Waals surface area contributed by atoms with Gasteiger partial charge in [0, 0.05) is 24.1 Å². The van der Waals surface area contributed by atoms with Crippen LogP contribution in [0.5, 0.6) is 5.75 Å². The maximum Gasteiger partial charge on any atom is 0.338 e. The second kappa shape index (κ2) is 14.7. The van der Waals surface area contributed by atoms with Gasteiger partial charge in [-0.2, -0.15) is 0 Å². The molecular formula is C44H40N6O4. The molecule has 2 amide bonds. The summed E-state index contributed by atoms with van der Waals surface area (Å²) in [5.41, 5.74) is 6.56. The Hall–Kier alpha value is -6.68. The van der Waals surface area contributed by atoms with Crippen LogP contribution in [0.15, 0.2) is 145 Å². The summed E-state index contributed by atoms with van der Waals surface area (Å²) in [6.45, 7) is 3.79. The second-order valence-corrected chi connectivity index (χ2v) is 13.4. The van der Waals surface area contributed by atoms with E-state index < -0.39 is 12.0 Å². The molecule has 0 bridgehead atoms. The van der Waals surface area contributed by atoms with Crippen LogP contribution in [-0.2, 0) is 35.7 Å². The van der Waals surface area contributed by atoms with Gasteiger partial charge in [0.15, 0.2) is 0 Å². The van der Waals surface area contributed by atoms with E-state index in [1.54, 1.807) is 47.9 Å². The first-order chi connectivity index (χ1) is 26.4. The third kappa shape index (κ3) is 6.47. The average Bonchev–Trinajstić information content (AvgIpc) is 3.71. The number of allylic oxidation sites excluding steroid dienone is 1. The molecule has 270 valence electrons. The molecule has 3 heterocycles. The number of hydrogen-bond donors (Lipinski definition) is 1. The largest absolute Gasteiger partial charge is 0.508 e. The number of nitrogens with zero attached hydrogens (tertiary/aromatic N) is 6. The minimum atomic E-state index is -0.969. The molecule has 8 rings (SSSR count). The first kappa shape index (κ1) is 34.4. The highest BCUT2D eigenvalue weighted by Gasteiger charge is 2.44. The molecule has 1 aliphatic heterocycles. The van der Waals surface area contributed by atoms with E-state index in [-0.39, 0.29) is 37.3 Å². The summed E-state index contributed by atoms with van der Waals surface area (Å²) < 4.78 is 9.78. The van der Waals surface area contributed by atoms with Crippen LogP contribution in [0.25, 0.3) is 22.1 Å². The van der Waals surface area contributed by atoms with Crippen molar-refractivity contribution in [3.05, 3.63) is 173 Å². The molecule has 54 heavy (non-hydrogen) atoms. The van der Waals surface area contributed by atoms with Gasteiger partial charge in [0.25, 0.3) is 0 Å². The maximum atomic E-state index is 15.3. The molecule has 0 spiro atoms. The topological polar surface area (TPSA) is 106 Å². The molecule has 10 heteroatoms. The molecule has 1 aliphatic rings. The van der Waals surface area contributed by atoms with Crippen molar-refractivity contribution in [3.63, 3.8) is 0 Å². The predicted octanol–water partition coefficient (Wildman–Crippen LogP) is 8.20. The Bertz CT molecular complexity index is 2510. The van der Waals surface area contributed by atoms with Gasteiger partial charge in [0.1, 0.15) is 30.7 Å². The van der Waals surface area contributed by atoms with Gasteiger partial charge in [-0.05, 0) is 55.3 Å². The van der Waals surface area contributed by atoms with Gasteiger partial charge in [0.2, 0.25) is 0 Å². The Balaban J connectivity index is 1.30. The molecular weight excluding hydrogens is 677 g/mol. The van der Waals surface area contributed by atoms with Crippen molar-refractivity contribution >= 4 is 34.1 Å². The van der Waals surface area contributed by atoms with E-state index in [4.69, 9.17) is 14.7 Å². The van der Waals surface area contributed by atoms with Crippen LogP contribution in [0.4, 0.5) is 4.79 Å². The summed E-state index contributed by atoms with van der Waals surface area (Å²) in [5, 5.41) is 11.3. The highest BCUT2D eigenvalue weighted by molar-refractivity contribution is 5.95. The van der Waals surface area contributed by atoms with Crippen LogP contribution in [0, 0.1) is 0 Å². The lowest BCUT2D eigenvalue weighted by Crippen LogP contribution is -2.51. The third-order valence-electron chi connectivity index (χ3n) is 10.0. The summed E-state index contributed by atoms with van der Waals surface area (Å²) >= 11 is 0. The van der Waals surface area contributed by atoms with Crippen LogP contribution in [0.2, 0.25) is 0 Å². The molecule has 0 aliphatic carbocycles. The van der Waals surface area contributed by atoms with Crippen LogP contribution in [0.3, 0.4) is 0 Å². The SMILES string of the molecule is CCOC(=O)C1=C(C)N(Cn2c(Cc3ccccc3)nc3ccccc32)C(=O)N(Cn2c(Cc3ccccc3)nc3ccccc32)C1c1ccccc1O. The highest BCUT2D eigenvalue weighted by Crippen LogP contribution is 2.42. The van der Waals surface area contributed by atoms with E-state index in [9.17, 15) is 9.90 Å². The molecule has 2 aromatic heterocycles. The lowest BCUT2D eigenvalue weighted by molar-refractivity contribution is -0.139. The number of aromatic nitrogens is 4. The molecule has 1 unspecified atom stereocenters. The second-order valence-electron chi connectivity index (χ2n) is 13.4. The molecule has 1 atom stereocenters. The van der Waals surface area contributed by atoms with E-state index in [2.05, 4.69) is 24.3 Å². The normalized spacial score (nSPS) is 14.7. The minimum absolute atomic E-state index is 0.0332. The smallest absolute Gasteiger partial charge is 0.338 e. The van der Waals surface area contributed by atoms with E-state index in [0.29, 0.717) is 24.1 Å². The van der Waals surface area contributed by atoms with Crippen molar-refractivity contribution < 1.29 is 19.4 Å². The molecule has 10 nitrogen and oxygen atoms in total. The average molecular weight is 717 g/mol. The predicted molar refractivity (Wildman–Crippen MR) is 207 cm³/mol. The number of benzene rings is 5. The number of fused-ring (bicyclic) bond motifs is 2. The Kier molecular flexibility index (Phi) is 9.40. The number of esters is 1. The zero-order valence-corrected chi connectivity index (χ0v) is 30.2. The van der Waals surface area contributed by atoms with Gasteiger partial charge in [-0.25, -0.2) is 19.6 Å². The Morgan fingerprint density at radius 1 is 0.685 bits per heavy atom. The summed E-state index contributed by atoms with van der Waals surface area (Å²) in [6, 6.07) is 41.4. The number of hydrogen-bond acceptors (Lipinski definition) is 6. The van der Waals surface area contributed by atoms with Gasteiger partial charge in [-0.3, -0.25) is 9.80 Å². The number of urea groups is 1. The van der Waals surface area contributed by atoms with Crippen molar-refractivity contribution in [3.8, 4) is 5.75 Å². The number of ether oxygens (including phenoxy) is 1. The van der Waals surface area contributed by atoms with Crippen LogP contribution in [-0.4, -0.2) is 52.6 Å². The van der Waals surface area contributed by atoms with Gasteiger partial charge in [-0.1, -0.05) is 103 Å². The lowest BCUT2D eigenvalue weighted by Gasteiger charge is -2.43. The van der Waals surface area contributed by atoms with E-state index in [1.165, 1.54) is 0 Å². The standard InChI is InChI=1S/C44H40N6O4/c1-3-54-43(52)41-30(2)47(28-48-36-23-13-11-21-34(36)45-39(48)26-31-16-6-4-7-17-31)44(53)50(42(41)33-20-10-15-25-38(33)51)29-49-37-24-14-12-22-35(37)46-40(49)27-32-18-8-5-9-19-32/h4-25,42,51H,3,26-29H2,1-2H3. The summed E-state index contributed by atoms with van der Waals surface area (Å²) in [7, 11) is 0. The summed E-state index contributed by atoms with van der Waals surface area (Å²) in [6.07, 6.45) is 1.06. The summed E-state index contributed by atoms with van der Waals surface area (Å²) in [5.74, 6) is 0.938. The summed E-state index contributed by atoms with van der Waals surface area (Å²) in [4.78, 5) is 42.8. The van der Waals surface area contributed by atoms with Gasteiger partial charge >= 0.3 is 12.0 Å². The Morgan fingerprint density at radius 3 is 1.74 bits per heavy atom. The first-order valence-electron chi connectivity index (χ1n) is 18.1. The number of aromatic hydroxyl groups is 1. The van der Waals surface area contributed by atoms with E-state index in [0.717, 1.165) is 44.8 Å². The van der Waals surface area contributed by atoms with Gasteiger partial charge < -0.3 is 19.0 Å². The molecule has 0 saturated carbocycles. The number of phenolic OH excluding ortho intramolecular Hbond substituents is 1. The molecule has 0 fully saturated rings. The fraction of sp³-hybridized carbons (Fsp3) is 0.182. The van der Waals surface area contributed by atoms with Crippen molar-refractivity contribution in [2.24, 2.45) is 0 Å². The van der Waals surface area contributed by atoms with E-state index >= 15 is 4.79 Å². The first-order valence-corrected chi connectivity index (χ1v) is 18.1. The number of phenols is 1. The monoisotopic (exact) mass is 716 g/mol. The number of para-hydroxylation sites is 5. The number of carbonyl (C=O) groups excluding carboxylic acids is 2. The quantitative estimate of drug-likeness (QED) is 0.135. The zero-order chi connectivity index (χ0) is 37.2. The number of amides is 2. The third-order valence-corrected chi connectivity index (χ3v) is 10.0. The molecule has 5 aromatic carbocycles. The van der Waals surface area contributed by atoms with Crippen molar-refractivity contribution in [1.82, 2.24) is 28.9 Å². The molecule has 1 N–H and O–H groups in total. The van der Waals surface area contributed by atoms with Gasteiger partial charge in [0.05, 0.1) is 40.3 Å². The van der Waals surface area contributed by atoms with Gasteiger partial charge in [-0.15, -0.1) is 0 Å². The number of imidazole rings is 2.